The number of piperidine rings is 1. The molecule has 1 aliphatic heterocycles. The molecule has 7 heteroatoms. The molecule has 2 aromatic rings. The minimum Gasteiger partial charge on any atom is -0.431 e. The molecule has 156 valence electrons. The Balaban J connectivity index is 1.46. The fourth-order valence-corrected chi connectivity index (χ4v) is 4.63. The summed E-state index contributed by atoms with van der Waals surface area (Å²) in [6, 6.07) is 2.85. The first kappa shape index (κ1) is 19.9. The van der Waals surface area contributed by atoms with Crippen molar-refractivity contribution in [2.75, 3.05) is 11.4 Å². The maximum Gasteiger partial charge on any atom is 0.298 e. The van der Waals surface area contributed by atoms with Crippen LogP contribution in [0.25, 0.3) is 0 Å². The first-order valence-corrected chi connectivity index (χ1v) is 10.4. The number of oxazole rings is 1. The highest BCUT2D eigenvalue weighted by Crippen LogP contribution is 2.37. The van der Waals surface area contributed by atoms with Gasteiger partial charge in [0, 0.05) is 18.2 Å². The number of nitrogens with one attached hydrogen (secondary N) is 1. The van der Waals surface area contributed by atoms with Gasteiger partial charge >= 0.3 is 0 Å². The summed E-state index contributed by atoms with van der Waals surface area (Å²) in [5.41, 5.74) is 0.512. The summed E-state index contributed by atoms with van der Waals surface area (Å²) in [6.45, 7) is 3.95. The van der Waals surface area contributed by atoms with E-state index in [1.807, 2.05) is 0 Å². The van der Waals surface area contributed by atoms with E-state index in [1.165, 1.54) is 51.0 Å². The monoisotopic (exact) mass is 403 g/mol. The number of benzene rings is 1. The van der Waals surface area contributed by atoms with E-state index in [9.17, 15) is 13.6 Å². The average Bonchev–Trinajstić information content (AvgIpc) is 3.21. The zero-order valence-electron chi connectivity index (χ0n) is 16.9. The number of amides is 1. The van der Waals surface area contributed by atoms with Gasteiger partial charge in [0.15, 0.2) is 5.69 Å². The van der Waals surface area contributed by atoms with Crippen molar-refractivity contribution in [2.24, 2.45) is 5.92 Å². The zero-order valence-corrected chi connectivity index (χ0v) is 16.9. The standard InChI is InChI=1S/C22H27F2N3O2/c1-13-17(23)10-16(11-18(13)24)14(2)25-21(28)19-12-29-22(26-19)27-9-5-7-15-6-3-4-8-20(15)27/h10-12,14-15,20H,3-9H2,1-2H3,(H,25,28). The van der Waals surface area contributed by atoms with Gasteiger partial charge < -0.3 is 14.6 Å². The molecule has 1 saturated heterocycles. The van der Waals surface area contributed by atoms with Crippen LogP contribution >= 0.6 is 0 Å². The molecule has 1 aliphatic carbocycles. The number of fused-ring (bicyclic) bond motifs is 1. The van der Waals surface area contributed by atoms with E-state index in [2.05, 4.69) is 15.2 Å². The molecule has 0 bridgehead atoms. The maximum atomic E-state index is 13.8. The van der Waals surface area contributed by atoms with Crippen LogP contribution in [0.3, 0.4) is 0 Å². The van der Waals surface area contributed by atoms with Gasteiger partial charge in [-0.15, -0.1) is 0 Å². The Kier molecular flexibility index (Phi) is 5.56. The Morgan fingerprint density at radius 3 is 2.66 bits per heavy atom. The van der Waals surface area contributed by atoms with Crippen LogP contribution in [-0.4, -0.2) is 23.5 Å². The molecule has 1 amide bonds. The molecule has 29 heavy (non-hydrogen) atoms. The number of hydrogen-bond acceptors (Lipinski definition) is 4. The van der Waals surface area contributed by atoms with E-state index < -0.39 is 23.6 Å². The molecular weight excluding hydrogens is 376 g/mol. The molecule has 1 saturated carbocycles. The topological polar surface area (TPSA) is 58.4 Å². The Hall–Kier alpha value is -2.44. The fraction of sp³-hybridized carbons (Fsp3) is 0.545. The van der Waals surface area contributed by atoms with Crippen LogP contribution in [0.5, 0.6) is 0 Å². The van der Waals surface area contributed by atoms with Crippen molar-refractivity contribution in [3.63, 3.8) is 0 Å². The third-order valence-electron chi connectivity index (χ3n) is 6.36. The molecule has 2 fully saturated rings. The molecule has 3 unspecified atom stereocenters. The Morgan fingerprint density at radius 2 is 1.90 bits per heavy atom. The van der Waals surface area contributed by atoms with Gasteiger partial charge in [-0.25, -0.2) is 8.78 Å². The second-order valence-corrected chi connectivity index (χ2v) is 8.27. The number of carbonyl (C=O) groups excluding carboxylic acids is 1. The second-order valence-electron chi connectivity index (χ2n) is 8.27. The minimum atomic E-state index is -0.628. The molecule has 2 heterocycles. The van der Waals surface area contributed by atoms with Crippen molar-refractivity contribution in [1.29, 1.82) is 0 Å². The Bertz CT molecular complexity index is 873. The van der Waals surface area contributed by atoms with E-state index in [4.69, 9.17) is 4.42 Å². The summed E-state index contributed by atoms with van der Waals surface area (Å²) < 4.78 is 33.3. The number of halogens is 2. The fourth-order valence-electron chi connectivity index (χ4n) is 4.63. The lowest BCUT2D eigenvalue weighted by Gasteiger charge is -2.43. The summed E-state index contributed by atoms with van der Waals surface area (Å²) in [4.78, 5) is 19.2. The number of aromatic nitrogens is 1. The molecule has 1 aromatic carbocycles. The molecule has 3 atom stereocenters. The van der Waals surface area contributed by atoms with Crippen LogP contribution in [-0.2, 0) is 0 Å². The second kappa shape index (κ2) is 8.13. The molecule has 1 aromatic heterocycles. The van der Waals surface area contributed by atoms with Crippen molar-refractivity contribution in [2.45, 2.75) is 64.5 Å². The smallest absolute Gasteiger partial charge is 0.298 e. The number of nitrogens with zero attached hydrogens (tertiary/aromatic N) is 2. The largest absolute Gasteiger partial charge is 0.431 e. The summed E-state index contributed by atoms with van der Waals surface area (Å²) in [6.07, 6.45) is 8.59. The van der Waals surface area contributed by atoms with Gasteiger partial charge in [-0.3, -0.25) is 4.79 Å². The van der Waals surface area contributed by atoms with E-state index in [0.717, 1.165) is 19.4 Å². The van der Waals surface area contributed by atoms with Gasteiger partial charge in [0.2, 0.25) is 0 Å². The summed E-state index contributed by atoms with van der Waals surface area (Å²) >= 11 is 0. The Morgan fingerprint density at radius 1 is 1.21 bits per heavy atom. The van der Waals surface area contributed by atoms with E-state index >= 15 is 0 Å². The summed E-state index contributed by atoms with van der Waals surface area (Å²) in [5.74, 6) is -1.01. The SMILES string of the molecule is Cc1c(F)cc(C(C)NC(=O)c2coc(N3CCCC4CCCCC43)n2)cc1F. The number of hydrogen-bond donors (Lipinski definition) is 1. The third-order valence-corrected chi connectivity index (χ3v) is 6.36. The van der Waals surface area contributed by atoms with Gasteiger partial charge in [-0.2, -0.15) is 4.98 Å². The predicted octanol–water partition coefficient (Wildman–Crippen LogP) is 4.91. The Labute approximate surface area is 169 Å². The molecule has 1 N–H and O–H groups in total. The molecule has 0 spiro atoms. The first-order valence-electron chi connectivity index (χ1n) is 10.4. The lowest BCUT2D eigenvalue weighted by molar-refractivity contribution is 0.0934. The van der Waals surface area contributed by atoms with Crippen molar-refractivity contribution in [3.05, 3.63) is 46.9 Å². The minimum absolute atomic E-state index is 0.0315. The molecule has 5 nitrogen and oxygen atoms in total. The van der Waals surface area contributed by atoms with Crippen molar-refractivity contribution in [1.82, 2.24) is 10.3 Å². The van der Waals surface area contributed by atoms with Crippen LogP contribution < -0.4 is 10.2 Å². The highest BCUT2D eigenvalue weighted by atomic mass is 19.1. The predicted molar refractivity (Wildman–Crippen MR) is 106 cm³/mol. The normalized spacial score (nSPS) is 22.8. The molecule has 4 rings (SSSR count). The van der Waals surface area contributed by atoms with Gasteiger partial charge in [0.25, 0.3) is 11.9 Å². The highest BCUT2D eigenvalue weighted by Gasteiger charge is 2.35. The first-order chi connectivity index (χ1) is 13.9. The number of carbonyl (C=O) groups is 1. The number of anilines is 1. The van der Waals surface area contributed by atoms with Crippen molar-refractivity contribution < 1.29 is 18.0 Å². The highest BCUT2D eigenvalue weighted by molar-refractivity contribution is 5.92. The average molecular weight is 403 g/mol. The van der Waals surface area contributed by atoms with Gasteiger partial charge in [-0.05, 0) is 63.1 Å². The van der Waals surface area contributed by atoms with Crippen LogP contribution in [0.1, 0.15) is 73.1 Å². The molecular formula is C22H27F2N3O2. The van der Waals surface area contributed by atoms with E-state index in [-0.39, 0.29) is 11.3 Å². The van der Waals surface area contributed by atoms with Crippen LogP contribution in [0.15, 0.2) is 22.8 Å². The molecule has 2 aliphatic rings. The summed E-state index contributed by atoms with van der Waals surface area (Å²) in [7, 11) is 0. The van der Waals surface area contributed by atoms with Gasteiger partial charge in [-0.1, -0.05) is 12.8 Å². The van der Waals surface area contributed by atoms with Crippen molar-refractivity contribution in [3.8, 4) is 0 Å². The van der Waals surface area contributed by atoms with E-state index in [1.54, 1.807) is 6.92 Å². The maximum absolute atomic E-state index is 13.8. The molecule has 0 radical (unpaired) electrons. The lowest BCUT2D eigenvalue weighted by Crippen LogP contribution is -2.47. The van der Waals surface area contributed by atoms with Crippen LogP contribution in [0.2, 0.25) is 0 Å². The lowest BCUT2D eigenvalue weighted by atomic mass is 9.78. The van der Waals surface area contributed by atoms with Crippen molar-refractivity contribution >= 4 is 11.9 Å². The van der Waals surface area contributed by atoms with Gasteiger partial charge in [0.05, 0.1) is 6.04 Å². The van der Waals surface area contributed by atoms with E-state index in [0.29, 0.717) is 23.5 Å². The van der Waals surface area contributed by atoms with Crippen LogP contribution in [0.4, 0.5) is 14.8 Å². The summed E-state index contributed by atoms with van der Waals surface area (Å²) in [5, 5.41) is 2.75. The number of rotatable bonds is 4. The quantitative estimate of drug-likeness (QED) is 0.788. The third kappa shape index (κ3) is 4.00. The zero-order chi connectivity index (χ0) is 20.5. The van der Waals surface area contributed by atoms with Crippen LogP contribution in [0, 0.1) is 24.5 Å². The van der Waals surface area contributed by atoms with Gasteiger partial charge in [0.1, 0.15) is 17.9 Å².